The van der Waals surface area contributed by atoms with Crippen LogP contribution in [-0.4, -0.2) is 55.3 Å². The molecular weight excluding hydrogens is 378 g/mol. The van der Waals surface area contributed by atoms with Gasteiger partial charge in [-0.05, 0) is 31.2 Å². The van der Waals surface area contributed by atoms with Crippen LogP contribution in [0.3, 0.4) is 0 Å². The Morgan fingerprint density at radius 2 is 1.59 bits per heavy atom. The molecule has 0 bridgehead atoms. The molecule has 1 aliphatic rings. The number of carbonyl (C=O) groups is 4. The summed E-state index contributed by atoms with van der Waals surface area (Å²) >= 11 is 0. The average molecular weight is 397 g/mol. The SMILES string of the molecule is COc1ccc(C(=O)COC(=O)[C@@H](C)N2C(=O)c3ccccc3C2=O)c(OC)c1. The molecular formula is C21H19NO7. The molecule has 0 aromatic heterocycles. The van der Waals surface area contributed by atoms with Crippen molar-refractivity contribution in [3.8, 4) is 11.5 Å². The van der Waals surface area contributed by atoms with Crippen molar-refractivity contribution in [2.24, 2.45) is 0 Å². The van der Waals surface area contributed by atoms with E-state index in [1.807, 2.05) is 0 Å². The number of hydrogen-bond donors (Lipinski definition) is 0. The van der Waals surface area contributed by atoms with Crippen molar-refractivity contribution >= 4 is 23.6 Å². The molecule has 2 aromatic carbocycles. The van der Waals surface area contributed by atoms with E-state index in [0.29, 0.717) is 5.75 Å². The van der Waals surface area contributed by atoms with E-state index in [0.717, 1.165) is 4.90 Å². The van der Waals surface area contributed by atoms with Gasteiger partial charge >= 0.3 is 5.97 Å². The molecule has 0 unspecified atom stereocenters. The van der Waals surface area contributed by atoms with Gasteiger partial charge in [-0.2, -0.15) is 0 Å². The standard InChI is InChI=1S/C21H19NO7/c1-12(22-19(24)14-6-4-5-7-15(14)20(22)25)21(26)29-11-17(23)16-9-8-13(27-2)10-18(16)28-3/h4-10,12H,11H2,1-3H3/t12-/m1/s1. The van der Waals surface area contributed by atoms with Gasteiger partial charge in [-0.1, -0.05) is 12.1 Å². The molecule has 150 valence electrons. The van der Waals surface area contributed by atoms with Crippen LogP contribution in [0.1, 0.15) is 38.0 Å². The van der Waals surface area contributed by atoms with Gasteiger partial charge in [0.1, 0.15) is 17.5 Å². The summed E-state index contributed by atoms with van der Waals surface area (Å²) in [5.41, 5.74) is 0.682. The number of rotatable bonds is 7. The minimum Gasteiger partial charge on any atom is -0.497 e. The Morgan fingerprint density at radius 3 is 2.14 bits per heavy atom. The highest BCUT2D eigenvalue weighted by atomic mass is 16.5. The first-order valence-electron chi connectivity index (χ1n) is 8.77. The largest absolute Gasteiger partial charge is 0.497 e. The van der Waals surface area contributed by atoms with Crippen molar-refractivity contribution in [3.63, 3.8) is 0 Å². The highest BCUT2D eigenvalue weighted by molar-refractivity contribution is 6.22. The van der Waals surface area contributed by atoms with E-state index in [-0.39, 0.29) is 22.4 Å². The number of amides is 2. The summed E-state index contributed by atoms with van der Waals surface area (Å²) in [6.45, 7) is 0.817. The molecule has 0 radical (unpaired) electrons. The zero-order valence-corrected chi connectivity index (χ0v) is 16.1. The molecule has 1 heterocycles. The predicted molar refractivity (Wildman–Crippen MR) is 101 cm³/mol. The molecule has 3 rings (SSSR count). The monoisotopic (exact) mass is 397 g/mol. The molecule has 0 N–H and O–H groups in total. The van der Waals surface area contributed by atoms with Crippen LogP contribution in [0.15, 0.2) is 42.5 Å². The molecule has 0 fully saturated rings. The lowest BCUT2D eigenvalue weighted by atomic mass is 10.1. The third-order valence-electron chi connectivity index (χ3n) is 4.61. The Kier molecular flexibility index (Phi) is 5.63. The summed E-state index contributed by atoms with van der Waals surface area (Å²) in [5, 5.41) is 0. The lowest BCUT2D eigenvalue weighted by Gasteiger charge is -2.20. The number of benzene rings is 2. The molecule has 29 heavy (non-hydrogen) atoms. The number of Topliss-reactive ketones (excluding diaryl/α,β-unsaturated/α-hetero) is 1. The number of methoxy groups -OCH3 is 2. The molecule has 1 atom stereocenters. The van der Waals surface area contributed by atoms with Gasteiger partial charge < -0.3 is 14.2 Å². The van der Waals surface area contributed by atoms with Gasteiger partial charge in [0.25, 0.3) is 11.8 Å². The quantitative estimate of drug-likeness (QED) is 0.401. The van der Waals surface area contributed by atoms with E-state index in [2.05, 4.69) is 0 Å². The summed E-state index contributed by atoms with van der Waals surface area (Å²) in [6, 6.07) is 9.76. The van der Waals surface area contributed by atoms with Crippen molar-refractivity contribution in [1.82, 2.24) is 4.90 Å². The number of hydrogen-bond acceptors (Lipinski definition) is 7. The summed E-state index contributed by atoms with van der Waals surface area (Å²) < 4.78 is 15.3. The van der Waals surface area contributed by atoms with Crippen molar-refractivity contribution in [3.05, 3.63) is 59.2 Å². The van der Waals surface area contributed by atoms with Crippen LogP contribution in [-0.2, 0) is 9.53 Å². The average Bonchev–Trinajstić information content (AvgIpc) is 3.01. The zero-order valence-electron chi connectivity index (χ0n) is 16.1. The Bertz CT molecular complexity index is 963. The van der Waals surface area contributed by atoms with E-state index < -0.39 is 36.2 Å². The van der Waals surface area contributed by atoms with Crippen LogP contribution in [0, 0.1) is 0 Å². The van der Waals surface area contributed by atoms with Gasteiger partial charge in [0.15, 0.2) is 6.61 Å². The maximum absolute atomic E-state index is 12.5. The normalized spacial score (nSPS) is 13.7. The van der Waals surface area contributed by atoms with Gasteiger partial charge in [-0.3, -0.25) is 19.3 Å². The van der Waals surface area contributed by atoms with Crippen molar-refractivity contribution in [2.45, 2.75) is 13.0 Å². The van der Waals surface area contributed by atoms with Crippen LogP contribution < -0.4 is 9.47 Å². The fraction of sp³-hybridized carbons (Fsp3) is 0.238. The van der Waals surface area contributed by atoms with Crippen LogP contribution in [0.5, 0.6) is 11.5 Å². The Hall–Kier alpha value is -3.68. The molecule has 2 amide bonds. The smallest absolute Gasteiger partial charge is 0.329 e. The molecule has 0 spiro atoms. The number of fused-ring (bicyclic) bond motifs is 1. The number of imide groups is 1. The Morgan fingerprint density at radius 1 is 0.966 bits per heavy atom. The number of nitrogens with zero attached hydrogens (tertiary/aromatic N) is 1. The van der Waals surface area contributed by atoms with Crippen LogP contribution in [0.4, 0.5) is 0 Å². The second-order valence-electron chi connectivity index (χ2n) is 6.30. The van der Waals surface area contributed by atoms with Gasteiger partial charge in [-0.25, -0.2) is 4.79 Å². The van der Waals surface area contributed by atoms with Gasteiger partial charge in [-0.15, -0.1) is 0 Å². The first kappa shape index (κ1) is 20.1. The van der Waals surface area contributed by atoms with E-state index in [4.69, 9.17) is 14.2 Å². The maximum Gasteiger partial charge on any atom is 0.329 e. The topological polar surface area (TPSA) is 99.2 Å². The number of esters is 1. The van der Waals surface area contributed by atoms with Gasteiger partial charge in [0.05, 0.1) is 30.9 Å². The molecule has 0 saturated heterocycles. The summed E-state index contributed by atoms with van der Waals surface area (Å²) in [4.78, 5) is 50.6. The lowest BCUT2D eigenvalue weighted by molar-refractivity contribution is -0.146. The maximum atomic E-state index is 12.5. The summed E-state index contributed by atoms with van der Waals surface area (Å²) in [5.74, 6) is -1.71. The van der Waals surface area contributed by atoms with Crippen LogP contribution in [0.25, 0.3) is 0 Å². The van der Waals surface area contributed by atoms with E-state index in [1.165, 1.54) is 45.4 Å². The molecule has 8 nitrogen and oxygen atoms in total. The highest BCUT2D eigenvalue weighted by Gasteiger charge is 2.41. The third-order valence-corrected chi connectivity index (χ3v) is 4.61. The summed E-state index contributed by atoms with van der Waals surface area (Å²) in [7, 11) is 2.89. The first-order valence-corrected chi connectivity index (χ1v) is 8.77. The van der Waals surface area contributed by atoms with E-state index in [1.54, 1.807) is 18.2 Å². The van der Waals surface area contributed by atoms with Crippen LogP contribution >= 0.6 is 0 Å². The zero-order chi connectivity index (χ0) is 21.1. The minimum atomic E-state index is -1.17. The van der Waals surface area contributed by atoms with Crippen molar-refractivity contribution in [2.75, 3.05) is 20.8 Å². The number of ketones is 1. The van der Waals surface area contributed by atoms with E-state index in [9.17, 15) is 19.2 Å². The molecule has 0 saturated carbocycles. The van der Waals surface area contributed by atoms with Gasteiger partial charge in [0, 0.05) is 6.07 Å². The Labute approximate surface area is 167 Å². The minimum absolute atomic E-state index is 0.217. The lowest BCUT2D eigenvalue weighted by Crippen LogP contribution is -2.44. The molecule has 1 aliphatic heterocycles. The number of ether oxygens (including phenoxy) is 3. The third kappa shape index (κ3) is 3.69. The van der Waals surface area contributed by atoms with Crippen LogP contribution in [0.2, 0.25) is 0 Å². The first-order chi connectivity index (χ1) is 13.9. The fourth-order valence-corrected chi connectivity index (χ4v) is 3.03. The molecule has 2 aromatic rings. The van der Waals surface area contributed by atoms with Gasteiger partial charge in [0.2, 0.25) is 5.78 Å². The fourth-order valence-electron chi connectivity index (χ4n) is 3.03. The molecule has 8 heteroatoms. The highest BCUT2D eigenvalue weighted by Crippen LogP contribution is 2.26. The van der Waals surface area contributed by atoms with Crippen molar-refractivity contribution < 1.29 is 33.4 Å². The second-order valence-corrected chi connectivity index (χ2v) is 6.30. The molecule has 0 aliphatic carbocycles. The van der Waals surface area contributed by atoms with Crippen molar-refractivity contribution in [1.29, 1.82) is 0 Å². The Balaban J connectivity index is 1.68. The number of carbonyl (C=O) groups excluding carboxylic acids is 4. The summed E-state index contributed by atoms with van der Waals surface area (Å²) in [6.07, 6.45) is 0. The second kappa shape index (κ2) is 8.14. The predicted octanol–water partition coefficient (Wildman–Crippen LogP) is 2.11. The van der Waals surface area contributed by atoms with E-state index >= 15 is 0 Å².